The van der Waals surface area contributed by atoms with Gasteiger partial charge in [-0.25, -0.2) is 4.98 Å². The Kier molecular flexibility index (Phi) is 11.4. The first-order chi connectivity index (χ1) is 32.4. The molecule has 1 aromatic heterocycles. The maximum absolute atomic E-state index is 6.06. The first-order valence-electron chi connectivity index (χ1n) is 22.6. The molecule has 10 aromatic rings. The number of allylic oxidation sites excluding steroid dienone is 3. The highest BCUT2D eigenvalue weighted by Gasteiger charge is 2.35. The molecule has 66 heavy (non-hydrogen) atoms. The summed E-state index contributed by atoms with van der Waals surface area (Å²) >= 11 is 0. The summed E-state index contributed by atoms with van der Waals surface area (Å²) in [7, 11) is 0. The lowest BCUT2D eigenvalue weighted by Gasteiger charge is -2.26. The van der Waals surface area contributed by atoms with Gasteiger partial charge in [0, 0.05) is 28.0 Å². The molecule has 318 valence electrons. The molecule has 9 aromatic carbocycles. The van der Waals surface area contributed by atoms with Crippen molar-refractivity contribution in [2.24, 2.45) is 0 Å². The Morgan fingerprint density at radius 3 is 1.50 bits per heavy atom. The zero-order valence-electron chi connectivity index (χ0n) is 37.5. The van der Waals surface area contributed by atoms with Gasteiger partial charge in [-0.05, 0) is 140 Å². The fourth-order valence-electron chi connectivity index (χ4n) is 9.36. The molecule has 0 aliphatic heterocycles. The average molecular weight is 851 g/mol. The predicted molar refractivity (Wildman–Crippen MR) is 278 cm³/mol. The third-order valence-electron chi connectivity index (χ3n) is 12.7. The first kappa shape index (κ1) is 41.7. The van der Waals surface area contributed by atoms with Gasteiger partial charge in [-0.15, -0.1) is 0 Å². The van der Waals surface area contributed by atoms with Crippen molar-refractivity contribution in [2.45, 2.75) is 26.2 Å². The van der Waals surface area contributed by atoms with Crippen LogP contribution < -0.4 is 4.90 Å². The molecular formula is C63H50N2O. The maximum Gasteiger partial charge on any atom is 0.227 e. The van der Waals surface area contributed by atoms with Gasteiger partial charge >= 0.3 is 0 Å². The quantitative estimate of drug-likeness (QED) is 0.136. The lowest BCUT2D eigenvalue weighted by molar-refractivity contribution is 0.620. The van der Waals surface area contributed by atoms with Crippen molar-refractivity contribution in [1.29, 1.82) is 0 Å². The fraction of sp³-hybridized carbons (Fsp3) is 0.0635. The lowest BCUT2D eigenvalue weighted by atomic mass is 9.81. The highest BCUT2D eigenvalue weighted by molar-refractivity contribution is 5.93. The largest absolute Gasteiger partial charge is 0.436 e. The molecule has 3 nitrogen and oxygen atoms in total. The zero-order valence-corrected chi connectivity index (χ0v) is 37.5. The van der Waals surface area contributed by atoms with E-state index in [1.807, 2.05) is 43.3 Å². The minimum atomic E-state index is -0.0376. The van der Waals surface area contributed by atoms with Crippen LogP contribution in [0.3, 0.4) is 0 Å². The second kappa shape index (κ2) is 18.1. The number of aromatic nitrogens is 1. The van der Waals surface area contributed by atoms with Gasteiger partial charge in [0.05, 0.1) is 0 Å². The monoisotopic (exact) mass is 850 g/mol. The Hall–Kier alpha value is -8.27. The van der Waals surface area contributed by atoms with Crippen LogP contribution >= 0.6 is 0 Å². The second-order valence-electron chi connectivity index (χ2n) is 17.1. The van der Waals surface area contributed by atoms with Gasteiger partial charge in [-0.2, -0.15) is 0 Å². The molecule has 1 aliphatic carbocycles. The minimum absolute atomic E-state index is 0.0376. The summed E-state index contributed by atoms with van der Waals surface area (Å²) in [5.74, 6) is 0.628. The molecule has 11 rings (SSSR count). The summed E-state index contributed by atoms with van der Waals surface area (Å²) in [5, 5.41) is 0. The summed E-state index contributed by atoms with van der Waals surface area (Å²) in [4.78, 5) is 7.05. The number of para-hydroxylation sites is 3. The van der Waals surface area contributed by atoms with Crippen molar-refractivity contribution < 1.29 is 4.42 Å². The molecule has 0 unspecified atom stereocenters. The number of hydrogen-bond donors (Lipinski definition) is 0. The number of fused-ring (bicyclic) bond motifs is 4. The summed E-state index contributed by atoms with van der Waals surface area (Å²) < 4.78 is 6.06. The molecule has 0 bridgehead atoms. The van der Waals surface area contributed by atoms with Gasteiger partial charge in [-0.3, -0.25) is 0 Å². The smallest absolute Gasteiger partial charge is 0.227 e. The highest BCUT2D eigenvalue weighted by atomic mass is 16.3. The van der Waals surface area contributed by atoms with E-state index in [0.717, 1.165) is 44.9 Å². The molecule has 0 radical (unpaired) electrons. The van der Waals surface area contributed by atoms with E-state index in [-0.39, 0.29) is 5.41 Å². The van der Waals surface area contributed by atoms with Crippen LogP contribution in [0.25, 0.3) is 78.2 Å². The van der Waals surface area contributed by atoms with Crippen LogP contribution in [0.2, 0.25) is 0 Å². The van der Waals surface area contributed by atoms with E-state index < -0.39 is 0 Å². The number of oxazole rings is 1. The van der Waals surface area contributed by atoms with Crippen LogP contribution in [0.15, 0.2) is 248 Å². The van der Waals surface area contributed by atoms with Crippen LogP contribution in [-0.2, 0) is 5.41 Å². The molecule has 0 spiro atoms. The van der Waals surface area contributed by atoms with Crippen molar-refractivity contribution in [1.82, 2.24) is 4.98 Å². The highest BCUT2D eigenvalue weighted by Crippen LogP contribution is 2.50. The summed E-state index contributed by atoms with van der Waals surface area (Å²) in [6.45, 7) is 10.1. The number of hydrogen-bond acceptors (Lipinski definition) is 3. The van der Waals surface area contributed by atoms with Crippen molar-refractivity contribution in [3.8, 4) is 67.1 Å². The van der Waals surface area contributed by atoms with Crippen LogP contribution in [0.1, 0.15) is 31.9 Å². The standard InChI is InChI=1S/C58H42N2O.C5H8/c1-58(2)53-21-11-10-20-51(53)52-37-32-43(38-54(52)58)39-28-33-45(34-29-39)60(44-14-4-3-5-15-44)46-35-30-41(31-36-46)48-17-7-9-19-50(48)49-18-8-6-16-47(49)40-24-26-42(27-25-40)57-59-55-22-12-13-23-56(55)61-57;1-3-5-4-2/h3-38H,1-2H3;3-5H,1H2,2H3/b;5-4-. The number of rotatable bonds is 9. The molecule has 0 saturated heterocycles. The van der Waals surface area contributed by atoms with E-state index >= 15 is 0 Å². The van der Waals surface area contributed by atoms with Gasteiger partial charge in [0.2, 0.25) is 5.89 Å². The number of nitrogens with zero attached hydrogens (tertiary/aromatic N) is 2. The zero-order chi connectivity index (χ0) is 45.0. The topological polar surface area (TPSA) is 29.3 Å². The molecular weight excluding hydrogens is 801 g/mol. The number of anilines is 3. The van der Waals surface area contributed by atoms with Crippen molar-refractivity contribution in [3.63, 3.8) is 0 Å². The molecule has 0 fully saturated rings. The Morgan fingerprint density at radius 2 is 0.909 bits per heavy atom. The third-order valence-corrected chi connectivity index (χ3v) is 12.7. The van der Waals surface area contributed by atoms with E-state index in [1.54, 1.807) is 6.08 Å². The summed E-state index contributed by atoms with van der Waals surface area (Å²) in [6, 6.07) is 78.2. The van der Waals surface area contributed by atoms with E-state index in [4.69, 9.17) is 9.40 Å². The van der Waals surface area contributed by atoms with Crippen LogP contribution in [0.5, 0.6) is 0 Å². The van der Waals surface area contributed by atoms with Crippen molar-refractivity contribution >= 4 is 28.2 Å². The molecule has 3 heteroatoms. The molecule has 0 saturated carbocycles. The summed E-state index contributed by atoms with van der Waals surface area (Å²) in [5.41, 5.74) is 20.8. The molecule has 0 amide bonds. The molecule has 1 aliphatic rings. The van der Waals surface area contributed by atoms with Gasteiger partial charge in [0.15, 0.2) is 5.58 Å². The van der Waals surface area contributed by atoms with Gasteiger partial charge < -0.3 is 9.32 Å². The Morgan fingerprint density at radius 1 is 0.439 bits per heavy atom. The normalized spacial score (nSPS) is 12.3. The van der Waals surface area contributed by atoms with E-state index in [1.165, 1.54) is 55.6 Å². The van der Waals surface area contributed by atoms with E-state index in [9.17, 15) is 0 Å². The molecule has 1 heterocycles. The van der Waals surface area contributed by atoms with Gasteiger partial charge in [0.1, 0.15) is 5.52 Å². The van der Waals surface area contributed by atoms with Gasteiger partial charge in [0.25, 0.3) is 0 Å². The Labute approximate surface area is 388 Å². The van der Waals surface area contributed by atoms with Crippen LogP contribution in [0, 0.1) is 0 Å². The van der Waals surface area contributed by atoms with E-state index in [2.05, 4.69) is 219 Å². The first-order valence-corrected chi connectivity index (χ1v) is 22.6. The Bertz CT molecular complexity index is 3300. The van der Waals surface area contributed by atoms with Crippen molar-refractivity contribution in [3.05, 3.63) is 254 Å². The molecule has 0 N–H and O–H groups in total. The fourth-order valence-corrected chi connectivity index (χ4v) is 9.36. The minimum Gasteiger partial charge on any atom is -0.436 e. The number of benzene rings is 9. The predicted octanol–water partition coefficient (Wildman–Crippen LogP) is 17.7. The average Bonchev–Trinajstić information content (AvgIpc) is 3.91. The van der Waals surface area contributed by atoms with E-state index in [0.29, 0.717) is 5.89 Å². The maximum atomic E-state index is 6.06. The van der Waals surface area contributed by atoms with Crippen LogP contribution in [-0.4, -0.2) is 4.98 Å². The Balaban J connectivity index is 0.000000973. The SMILES string of the molecule is C=C/C=C\C.CC1(C)c2ccccc2-c2ccc(-c3ccc(N(c4ccccc4)c4ccc(-c5ccccc5-c5ccccc5-c5ccc(-c6nc7ccccc7o6)cc5)cc4)cc3)cc21. The molecule has 0 atom stereocenters. The van der Waals surface area contributed by atoms with Crippen molar-refractivity contribution in [2.75, 3.05) is 4.90 Å². The third kappa shape index (κ3) is 7.97. The summed E-state index contributed by atoms with van der Waals surface area (Å²) in [6.07, 6.45) is 5.58. The van der Waals surface area contributed by atoms with Gasteiger partial charge in [-0.1, -0.05) is 190 Å². The lowest BCUT2D eigenvalue weighted by Crippen LogP contribution is -2.14. The van der Waals surface area contributed by atoms with Crippen LogP contribution in [0.4, 0.5) is 17.1 Å². The second-order valence-corrected chi connectivity index (χ2v) is 17.1.